The van der Waals surface area contributed by atoms with E-state index in [2.05, 4.69) is 27.3 Å². The van der Waals surface area contributed by atoms with Gasteiger partial charge in [-0.25, -0.2) is 0 Å². The highest BCUT2D eigenvalue weighted by atomic mass is 35.5. The van der Waals surface area contributed by atoms with Crippen LogP contribution < -0.4 is 5.32 Å². The van der Waals surface area contributed by atoms with E-state index in [0.717, 1.165) is 37.7 Å². The van der Waals surface area contributed by atoms with Crippen LogP contribution in [0.1, 0.15) is 26.3 Å². The second-order valence-corrected chi connectivity index (χ2v) is 7.64. The molecule has 0 aliphatic carbocycles. The van der Waals surface area contributed by atoms with Crippen molar-refractivity contribution in [3.63, 3.8) is 0 Å². The van der Waals surface area contributed by atoms with Crippen LogP contribution in [0, 0.1) is 17.2 Å². The third-order valence-corrected chi connectivity index (χ3v) is 5.15. The molecule has 1 amide bonds. The lowest BCUT2D eigenvalue weighted by Gasteiger charge is -2.35. The molecule has 0 spiro atoms. The molecule has 6 heteroatoms. The van der Waals surface area contributed by atoms with Gasteiger partial charge in [0.25, 0.3) is 0 Å². The van der Waals surface area contributed by atoms with E-state index in [1.54, 1.807) is 6.92 Å². The first-order valence-corrected chi connectivity index (χ1v) is 9.11. The highest BCUT2D eigenvalue weighted by Crippen LogP contribution is 2.16. The number of nitrogens with one attached hydrogen (secondary N) is 1. The summed E-state index contributed by atoms with van der Waals surface area (Å²) in [4.78, 5) is 16.8. The van der Waals surface area contributed by atoms with E-state index in [-0.39, 0.29) is 11.8 Å². The van der Waals surface area contributed by atoms with E-state index in [0.29, 0.717) is 6.54 Å². The molecule has 25 heavy (non-hydrogen) atoms. The third-order valence-electron chi connectivity index (χ3n) is 4.91. The molecule has 1 N–H and O–H groups in total. The zero-order chi connectivity index (χ0) is 18.4. The molecule has 1 aliphatic rings. The monoisotopic (exact) mass is 362 g/mol. The van der Waals surface area contributed by atoms with Crippen LogP contribution in [0.3, 0.4) is 0 Å². The average molecular weight is 363 g/mol. The Bertz CT molecular complexity index is 635. The van der Waals surface area contributed by atoms with Gasteiger partial charge in [0.1, 0.15) is 5.54 Å². The molecule has 2 rings (SSSR count). The molecule has 0 saturated carbocycles. The second kappa shape index (κ2) is 8.66. The average Bonchev–Trinajstić information content (AvgIpc) is 2.56. The Balaban J connectivity index is 1.78. The largest absolute Gasteiger partial charge is 0.337 e. The quantitative estimate of drug-likeness (QED) is 0.844. The summed E-state index contributed by atoms with van der Waals surface area (Å²) in [6.07, 6.45) is 0. The van der Waals surface area contributed by atoms with Gasteiger partial charge in [-0.1, -0.05) is 37.6 Å². The maximum Gasteiger partial charge on any atom is 0.235 e. The molecule has 5 nitrogen and oxygen atoms in total. The Morgan fingerprint density at radius 2 is 1.96 bits per heavy atom. The van der Waals surface area contributed by atoms with Crippen molar-refractivity contribution in [2.24, 2.45) is 5.92 Å². The van der Waals surface area contributed by atoms with Crippen LogP contribution in [0.25, 0.3) is 0 Å². The fraction of sp³-hybridized carbons (Fsp3) is 0.579. The molecule has 136 valence electrons. The second-order valence-electron chi connectivity index (χ2n) is 7.20. The molecule has 1 fully saturated rings. The number of halogens is 1. The summed E-state index contributed by atoms with van der Waals surface area (Å²) in [5.74, 6) is -0.0166. The maximum absolute atomic E-state index is 12.3. The van der Waals surface area contributed by atoms with Crippen molar-refractivity contribution >= 4 is 17.5 Å². The molecule has 0 aromatic heterocycles. The summed E-state index contributed by atoms with van der Waals surface area (Å²) in [5, 5.41) is 13.0. The lowest BCUT2D eigenvalue weighted by molar-refractivity contribution is -0.124. The van der Waals surface area contributed by atoms with E-state index >= 15 is 0 Å². The van der Waals surface area contributed by atoms with Crippen molar-refractivity contribution < 1.29 is 4.79 Å². The zero-order valence-electron chi connectivity index (χ0n) is 15.3. The molecule has 1 aromatic rings. The summed E-state index contributed by atoms with van der Waals surface area (Å²) < 4.78 is 0. The van der Waals surface area contributed by atoms with E-state index in [4.69, 9.17) is 11.6 Å². The van der Waals surface area contributed by atoms with Gasteiger partial charge in [0.2, 0.25) is 5.91 Å². The number of amides is 1. The highest BCUT2D eigenvalue weighted by Gasteiger charge is 2.30. The Morgan fingerprint density at radius 1 is 1.32 bits per heavy atom. The van der Waals surface area contributed by atoms with Crippen LogP contribution in [-0.2, 0) is 11.3 Å². The molecule has 1 saturated heterocycles. The van der Waals surface area contributed by atoms with Crippen molar-refractivity contribution in [1.82, 2.24) is 15.1 Å². The normalized spacial score (nSPS) is 18.6. The van der Waals surface area contributed by atoms with Crippen molar-refractivity contribution in [2.75, 3.05) is 32.7 Å². The smallest absolute Gasteiger partial charge is 0.235 e. The van der Waals surface area contributed by atoms with Gasteiger partial charge in [0.15, 0.2) is 0 Å². The van der Waals surface area contributed by atoms with Crippen LogP contribution >= 0.6 is 11.6 Å². The number of hydrogen-bond donors (Lipinski definition) is 1. The van der Waals surface area contributed by atoms with Gasteiger partial charge in [-0.2, -0.15) is 5.26 Å². The van der Waals surface area contributed by atoms with E-state index in [9.17, 15) is 10.1 Å². The molecule has 0 radical (unpaired) electrons. The van der Waals surface area contributed by atoms with Gasteiger partial charge < -0.3 is 5.32 Å². The van der Waals surface area contributed by atoms with Gasteiger partial charge >= 0.3 is 0 Å². The lowest BCUT2D eigenvalue weighted by Crippen LogP contribution is -2.54. The first kappa shape index (κ1) is 19.7. The van der Waals surface area contributed by atoms with Crippen LogP contribution in [0.5, 0.6) is 0 Å². The number of nitriles is 1. The number of rotatable bonds is 6. The highest BCUT2D eigenvalue weighted by molar-refractivity contribution is 6.30. The van der Waals surface area contributed by atoms with Crippen LogP contribution in [-0.4, -0.2) is 54.0 Å². The third kappa shape index (κ3) is 5.71. The molecular formula is C19H27ClN4O. The molecule has 1 heterocycles. The first-order chi connectivity index (χ1) is 11.8. The molecular weight excluding hydrogens is 336 g/mol. The summed E-state index contributed by atoms with van der Waals surface area (Å²) in [6, 6.07) is 10.1. The van der Waals surface area contributed by atoms with Crippen LogP contribution in [0.15, 0.2) is 24.3 Å². The molecule has 0 unspecified atom stereocenters. The SMILES string of the molecule is CC(C)[C@](C)(C#N)NC(=O)CN1CCN(Cc2cccc(Cl)c2)CC1. The Hall–Kier alpha value is -1.61. The van der Waals surface area contributed by atoms with Crippen molar-refractivity contribution in [3.8, 4) is 6.07 Å². The predicted molar refractivity (Wildman–Crippen MR) is 100 cm³/mol. The number of nitrogens with zero attached hydrogens (tertiary/aromatic N) is 3. The predicted octanol–water partition coefficient (Wildman–Crippen LogP) is 2.51. The van der Waals surface area contributed by atoms with E-state index in [1.165, 1.54) is 5.56 Å². The minimum atomic E-state index is -0.814. The van der Waals surface area contributed by atoms with Gasteiger partial charge in [-0.05, 0) is 30.5 Å². The fourth-order valence-electron chi connectivity index (χ4n) is 2.83. The number of carbonyl (C=O) groups is 1. The molecule has 1 atom stereocenters. The maximum atomic E-state index is 12.3. The van der Waals surface area contributed by atoms with Crippen molar-refractivity contribution in [3.05, 3.63) is 34.9 Å². The van der Waals surface area contributed by atoms with Crippen molar-refractivity contribution in [1.29, 1.82) is 5.26 Å². The van der Waals surface area contributed by atoms with Gasteiger partial charge in [0.05, 0.1) is 12.6 Å². The van der Waals surface area contributed by atoms with E-state index in [1.807, 2.05) is 32.0 Å². The number of carbonyl (C=O) groups excluding carboxylic acids is 1. The Kier molecular flexibility index (Phi) is 6.83. The van der Waals surface area contributed by atoms with Crippen molar-refractivity contribution in [2.45, 2.75) is 32.9 Å². The standard InChI is InChI=1S/C19H27ClN4O/c1-15(2)19(3,14-21)22-18(25)13-24-9-7-23(8-10-24)12-16-5-4-6-17(20)11-16/h4-6,11,15H,7-10,12-13H2,1-3H3,(H,22,25)/t19-/m0/s1. The Morgan fingerprint density at radius 3 is 2.52 bits per heavy atom. The van der Waals surface area contributed by atoms with Gasteiger partial charge in [-0.3, -0.25) is 14.6 Å². The zero-order valence-corrected chi connectivity index (χ0v) is 16.0. The Labute approximate surface area is 155 Å². The first-order valence-electron chi connectivity index (χ1n) is 8.74. The van der Waals surface area contributed by atoms with Gasteiger partial charge in [0, 0.05) is 37.7 Å². The summed E-state index contributed by atoms with van der Waals surface area (Å²) in [5.41, 5.74) is 0.395. The lowest BCUT2D eigenvalue weighted by atomic mass is 9.90. The topological polar surface area (TPSA) is 59.4 Å². The summed E-state index contributed by atoms with van der Waals surface area (Å²) >= 11 is 6.04. The minimum absolute atomic E-state index is 0.0657. The summed E-state index contributed by atoms with van der Waals surface area (Å²) in [6.45, 7) is 10.4. The number of hydrogen-bond acceptors (Lipinski definition) is 4. The van der Waals surface area contributed by atoms with E-state index < -0.39 is 5.54 Å². The minimum Gasteiger partial charge on any atom is -0.337 e. The van der Waals surface area contributed by atoms with Gasteiger partial charge in [-0.15, -0.1) is 0 Å². The summed E-state index contributed by atoms with van der Waals surface area (Å²) in [7, 11) is 0. The van der Waals surface area contributed by atoms with Crippen LogP contribution in [0.2, 0.25) is 5.02 Å². The number of benzene rings is 1. The fourth-order valence-corrected chi connectivity index (χ4v) is 3.05. The molecule has 1 aliphatic heterocycles. The number of piperazine rings is 1. The molecule has 0 bridgehead atoms. The molecule has 1 aromatic carbocycles. The van der Waals surface area contributed by atoms with Crippen LogP contribution in [0.4, 0.5) is 0 Å².